The minimum absolute atomic E-state index is 0.173. The maximum absolute atomic E-state index is 12.4. The third kappa shape index (κ3) is 2.75. The van der Waals surface area contributed by atoms with E-state index in [2.05, 4.69) is 56.1 Å². The number of aromatic amines is 1. The number of aryl methyl sites for hydroxylation is 3. The lowest BCUT2D eigenvalue weighted by atomic mass is 10.1. The second kappa shape index (κ2) is 6.33. The number of benzene rings is 1. The first-order valence-corrected chi connectivity index (χ1v) is 8.80. The molecule has 3 heterocycles. The fourth-order valence-electron chi connectivity index (χ4n) is 3.34. The van der Waals surface area contributed by atoms with Crippen LogP contribution in [0.2, 0.25) is 0 Å². The van der Waals surface area contributed by atoms with Gasteiger partial charge >= 0.3 is 0 Å². The van der Waals surface area contributed by atoms with Crippen LogP contribution in [-0.4, -0.2) is 24.3 Å². The second-order valence-electron chi connectivity index (χ2n) is 6.61. The number of nitrogens with one attached hydrogen (secondary N) is 2. The average molecular weight is 350 g/mol. The summed E-state index contributed by atoms with van der Waals surface area (Å²) in [6.07, 6.45) is 3.81. The summed E-state index contributed by atoms with van der Waals surface area (Å²) in [6, 6.07) is 8.42. The number of hydrogen-bond donors (Lipinski definition) is 2. The molecule has 0 amide bonds. The van der Waals surface area contributed by atoms with Gasteiger partial charge in [-0.1, -0.05) is 25.5 Å². The standard InChI is InChI=1S/C19H22N6O/c1-4-5-14-16-17(25(3)23-14)18(26)22-19(21-16)20-11-12-6-7-13-8-9-24(2)15(13)10-12/h6-10H,4-5,11H2,1-3H3,(H2,20,21,22,26). The minimum Gasteiger partial charge on any atom is -0.352 e. The maximum Gasteiger partial charge on any atom is 0.278 e. The lowest BCUT2D eigenvalue weighted by Gasteiger charge is -2.07. The van der Waals surface area contributed by atoms with Crippen molar-refractivity contribution in [3.8, 4) is 0 Å². The van der Waals surface area contributed by atoms with Gasteiger partial charge in [0.2, 0.25) is 5.95 Å². The topological polar surface area (TPSA) is 80.5 Å². The number of aromatic nitrogens is 5. The SMILES string of the molecule is CCCc1nn(C)c2c(=O)[nH]c(NCc3ccc4ccn(C)c4c3)nc12. The van der Waals surface area contributed by atoms with Gasteiger partial charge in [-0.05, 0) is 29.5 Å². The Morgan fingerprint density at radius 2 is 2.08 bits per heavy atom. The molecule has 0 radical (unpaired) electrons. The summed E-state index contributed by atoms with van der Waals surface area (Å²) in [5.74, 6) is 0.472. The Labute approximate surface area is 150 Å². The molecule has 134 valence electrons. The van der Waals surface area contributed by atoms with Crippen LogP contribution in [-0.2, 0) is 27.1 Å². The van der Waals surface area contributed by atoms with Crippen molar-refractivity contribution >= 4 is 27.9 Å². The Balaban J connectivity index is 1.64. The van der Waals surface area contributed by atoms with Gasteiger partial charge in [0, 0.05) is 32.4 Å². The molecule has 7 heteroatoms. The summed E-state index contributed by atoms with van der Waals surface area (Å²) in [7, 11) is 3.81. The lowest BCUT2D eigenvalue weighted by molar-refractivity contribution is 0.751. The largest absolute Gasteiger partial charge is 0.352 e. The van der Waals surface area contributed by atoms with E-state index in [4.69, 9.17) is 0 Å². The van der Waals surface area contributed by atoms with E-state index < -0.39 is 0 Å². The minimum atomic E-state index is -0.173. The molecule has 2 N–H and O–H groups in total. The first-order chi connectivity index (χ1) is 12.6. The fourth-order valence-corrected chi connectivity index (χ4v) is 3.34. The highest BCUT2D eigenvalue weighted by Gasteiger charge is 2.14. The highest BCUT2D eigenvalue weighted by Crippen LogP contribution is 2.18. The number of nitrogens with zero attached hydrogens (tertiary/aromatic N) is 4. The molecule has 26 heavy (non-hydrogen) atoms. The summed E-state index contributed by atoms with van der Waals surface area (Å²) >= 11 is 0. The fraction of sp³-hybridized carbons (Fsp3) is 0.316. The molecule has 0 atom stereocenters. The van der Waals surface area contributed by atoms with Crippen LogP contribution < -0.4 is 10.9 Å². The van der Waals surface area contributed by atoms with Crippen molar-refractivity contribution in [3.63, 3.8) is 0 Å². The normalized spacial score (nSPS) is 11.5. The number of H-pyrrole nitrogens is 1. The number of fused-ring (bicyclic) bond motifs is 2. The molecule has 3 aromatic heterocycles. The van der Waals surface area contributed by atoms with Crippen LogP contribution in [0.25, 0.3) is 21.9 Å². The molecule has 0 unspecified atom stereocenters. The number of anilines is 1. The van der Waals surface area contributed by atoms with E-state index in [0.717, 1.165) is 24.1 Å². The van der Waals surface area contributed by atoms with Crippen molar-refractivity contribution in [2.45, 2.75) is 26.3 Å². The summed E-state index contributed by atoms with van der Waals surface area (Å²) in [5.41, 5.74) is 4.19. The van der Waals surface area contributed by atoms with Crippen molar-refractivity contribution in [2.24, 2.45) is 14.1 Å². The number of rotatable bonds is 5. The molecule has 0 aliphatic heterocycles. The summed E-state index contributed by atoms with van der Waals surface area (Å²) in [6.45, 7) is 2.67. The molecular formula is C19H22N6O. The predicted molar refractivity (Wildman–Crippen MR) is 103 cm³/mol. The van der Waals surface area contributed by atoms with Gasteiger partial charge in [-0.3, -0.25) is 14.5 Å². The zero-order chi connectivity index (χ0) is 18.3. The summed E-state index contributed by atoms with van der Waals surface area (Å²) in [4.78, 5) is 19.9. The van der Waals surface area contributed by atoms with E-state index in [1.54, 1.807) is 11.7 Å². The van der Waals surface area contributed by atoms with Crippen LogP contribution in [0, 0.1) is 0 Å². The van der Waals surface area contributed by atoms with E-state index in [-0.39, 0.29) is 5.56 Å². The third-order valence-corrected chi connectivity index (χ3v) is 4.66. The van der Waals surface area contributed by atoms with Gasteiger partial charge in [0.25, 0.3) is 5.56 Å². The lowest BCUT2D eigenvalue weighted by Crippen LogP contribution is -2.15. The van der Waals surface area contributed by atoms with E-state index in [9.17, 15) is 4.79 Å². The molecular weight excluding hydrogens is 328 g/mol. The Kier molecular flexibility index (Phi) is 3.99. The number of hydrogen-bond acceptors (Lipinski definition) is 4. The summed E-state index contributed by atoms with van der Waals surface area (Å²) < 4.78 is 3.71. The molecule has 0 aliphatic rings. The molecule has 4 rings (SSSR count). The van der Waals surface area contributed by atoms with Gasteiger partial charge in [-0.15, -0.1) is 0 Å². The van der Waals surface area contributed by atoms with Gasteiger partial charge in [0.15, 0.2) is 5.52 Å². The van der Waals surface area contributed by atoms with Crippen LogP contribution in [0.15, 0.2) is 35.3 Å². The maximum atomic E-state index is 12.4. The molecule has 0 aliphatic carbocycles. The smallest absolute Gasteiger partial charge is 0.278 e. The Morgan fingerprint density at radius 1 is 1.23 bits per heavy atom. The van der Waals surface area contributed by atoms with Gasteiger partial charge in [0.1, 0.15) is 5.52 Å². The van der Waals surface area contributed by atoms with Crippen LogP contribution in [0.3, 0.4) is 0 Å². The van der Waals surface area contributed by atoms with Crippen molar-refractivity contribution < 1.29 is 0 Å². The average Bonchev–Trinajstić information content (AvgIpc) is 3.14. The van der Waals surface area contributed by atoms with Gasteiger partial charge in [-0.25, -0.2) is 4.98 Å². The van der Waals surface area contributed by atoms with Gasteiger partial charge in [0.05, 0.1) is 5.69 Å². The van der Waals surface area contributed by atoms with E-state index in [1.807, 2.05) is 13.2 Å². The van der Waals surface area contributed by atoms with Crippen molar-refractivity contribution in [3.05, 3.63) is 52.1 Å². The molecule has 0 saturated heterocycles. The van der Waals surface area contributed by atoms with Gasteiger partial charge in [-0.2, -0.15) is 5.10 Å². The van der Waals surface area contributed by atoms with E-state index >= 15 is 0 Å². The van der Waals surface area contributed by atoms with Crippen LogP contribution in [0.4, 0.5) is 5.95 Å². The first kappa shape index (κ1) is 16.4. The van der Waals surface area contributed by atoms with E-state index in [1.165, 1.54) is 10.9 Å². The predicted octanol–water partition coefficient (Wildman–Crippen LogP) is 2.71. The molecule has 0 saturated carbocycles. The van der Waals surface area contributed by atoms with Gasteiger partial charge < -0.3 is 9.88 Å². The second-order valence-corrected chi connectivity index (χ2v) is 6.61. The Morgan fingerprint density at radius 3 is 2.88 bits per heavy atom. The summed E-state index contributed by atoms with van der Waals surface area (Å²) in [5, 5.41) is 8.89. The van der Waals surface area contributed by atoms with Crippen LogP contribution in [0.1, 0.15) is 24.6 Å². The zero-order valence-corrected chi connectivity index (χ0v) is 15.2. The first-order valence-electron chi connectivity index (χ1n) is 8.80. The molecule has 7 nitrogen and oxygen atoms in total. The van der Waals surface area contributed by atoms with Crippen molar-refractivity contribution in [1.29, 1.82) is 0 Å². The Bertz CT molecular complexity index is 1150. The quantitative estimate of drug-likeness (QED) is 0.580. The monoisotopic (exact) mass is 350 g/mol. The molecule has 0 spiro atoms. The van der Waals surface area contributed by atoms with Crippen molar-refractivity contribution in [1.82, 2.24) is 24.3 Å². The molecule has 1 aromatic carbocycles. The highest BCUT2D eigenvalue weighted by molar-refractivity contribution is 5.81. The molecule has 0 bridgehead atoms. The Hall–Kier alpha value is -3.09. The zero-order valence-electron chi connectivity index (χ0n) is 15.2. The molecule has 4 aromatic rings. The third-order valence-electron chi connectivity index (χ3n) is 4.66. The molecule has 0 fully saturated rings. The van der Waals surface area contributed by atoms with E-state index in [0.29, 0.717) is 23.5 Å². The van der Waals surface area contributed by atoms with Crippen LogP contribution in [0.5, 0.6) is 0 Å². The van der Waals surface area contributed by atoms with Crippen molar-refractivity contribution in [2.75, 3.05) is 5.32 Å². The highest BCUT2D eigenvalue weighted by atomic mass is 16.1. The van der Waals surface area contributed by atoms with Crippen LogP contribution >= 0.6 is 0 Å².